The van der Waals surface area contributed by atoms with Crippen LogP contribution in [0.1, 0.15) is 39.0 Å². The summed E-state index contributed by atoms with van der Waals surface area (Å²) in [4.78, 5) is 2.08. The Morgan fingerprint density at radius 1 is 1.09 bits per heavy atom. The lowest BCUT2D eigenvalue weighted by molar-refractivity contribution is 0.558. The molecule has 0 atom stereocenters. The van der Waals surface area contributed by atoms with E-state index in [1.54, 1.807) is 0 Å². The third kappa shape index (κ3) is 9.54. The quantitative estimate of drug-likeness (QED) is 0.533. The topological polar surface area (TPSA) is 3.24 Å². The maximum atomic E-state index is 2.25. The molecule has 0 aliphatic heterocycles. The molecule has 0 amide bonds. The lowest BCUT2D eigenvalue weighted by Gasteiger charge is -2.02. The van der Waals surface area contributed by atoms with Gasteiger partial charge in [0.25, 0.3) is 0 Å². The van der Waals surface area contributed by atoms with Gasteiger partial charge in [0.05, 0.1) is 0 Å². The average Bonchev–Trinajstić information content (AvgIpc) is 1.96. The summed E-state index contributed by atoms with van der Waals surface area (Å²) in [6, 6.07) is 0. The minimum atomic E-state index is 1.23. The summed E-state index contributed by atoms with van der Waals surface area (Å²) in [7, 11) is 4.12. The third-order valence-electron chi connectivity index (χ3n) is 1.63. The van der Waals surface area contributed by atoms with E-state index in [1.165, 1.54) is 32.1 Å². The first kappa shape index (κ1) is 10.5. The summed E-state index contributed by atoms with van der Waals surface area (Å²) in [5.74, 6) is 0. The van der Waals surface area contributed by atoms with Crippen LogP contribution in [0.3, 0.4) is 0 Å². The zero-order valence-corrected chi connectivity index (χ0v) is 8.14. The second-order valence-electron chi connectivity index (χ2n) is 3.20. The molecular weight excluding hydrogens is 134 g/mol. The zero-order valence-electron chi connectivity index (χ0n) is 8.14. The molecule has 66 valence electrons. The van der Waals surface area contributed by atoms with Gasteiger partial charge in [-0.1, -0.05) is 32.3 Å². The first-order valence-corrected chi connectivity index (χ1v) is 4.60. The molecule has 0 saturated heterocycles. The number of unbranched alkanes of at least 4 members (excludes halogenated alkanes) is 4. The van der Waals surface area contributed by atoms with Crippen molar-refractivity contribution >= 4 is 0 Å². The van der Waals surface area contributed by atoms with Crippen molar-refractivity contribution in [2.75, 3.05) is 14.1 Å². The number of rotatable bonds is 6. The molecule has 0 bridgehead atoms. The molecule has 0 aliphatic carbocycles. The van der Waals surface area contributed by atoms with Crippen LogP contribution in [-0.4, -0.2) is 19.0 Å². The summed E-state index contributed by atoms with van der Waals surface area (Å²) in [5.41, 5.74) is 0. The van der Waals surface area contributed by atoms with Crippen LogP contribution in [0, 0.1) is 0 Å². The minimum Gasteiger partial charge on any atom is -0.384 e. The van der Waals surface area contributed by atoms with Crippen LogP contribution < -0.4 is 0 Å². The van der Waals surface area contributed by atoms with Crippen molar-refractivity contribution in [3.63, 3.8) is 0 Å². The number of hydrogen-bond acceptors (Lipinski definition) is 1. The van der Waals surface area contributed by atoms with E-state index < -0.39 is 0 Å². The molecule has 0 aromatic rings. The molecule has 0 heterocycles. The average molecular weight is 155 g/mol. The van der Waals surface area contributed by atoms with Crippen LogP contribution in [-0.2, 0) is 0 Å². The highest BCUT2D eigenvalue weighted by molar-refractivity contribution is 4.78. The van der Waals surface area contributed by atoms with Crippen LogP contribution in [0.15, 0.2) is 12.3 Å². The Balaban J connectivity index is 3.01. The fourth-order valence-corrected chi connectivity index (χ4v) is 0.974. The summed E-state index contributed by atoms with van der Waals surface area (Å²) in [5, 5.41) is 0. The molecule has 1 heteroatoms. The van der Waals surface area contributed by atoms with E-state index in [-0.39, 0.29) is 0 Å². The molecule has 0 unspecified atom stereocenters. The van der Waals surface area contributed by atoms with Gasteiger partial charge in [-0.05, 0) is 19.0 Å². The molecule has 1 nitrogen and oxygen atoms in total. The van der Waals surface area contributed by atoms with E-state index in [2.05, 4.69) is 38.2 Å². The summed E-state index contributed by atoms with van der Waals surface area (Å²) < 4.78 is 0. The Morgan fingerprint density at radius 2 is 1.82 bits per heavy atom. The van der Waals surface area contributed by atoms with E-state index in [9.17, 15) is 0 Å². The van der Waals surface area contributed by atoms with Crippen LogP contribution in [0.2, 0.25) is 0 Å². The predicted molar refractivity (Wildman–Crippen MR) is 51.6 cm³/mol. The highest BCUT2D eigenvalue weighted by Crippen LogP contribution is 2.02. The number of hydrogen-bond donors (Lipinski definition) is 0. The molecular formula is C10H21N. The second kappa shape index (κ2) is 7.64. The molecule has 0 aliphatic rings. The van der Waals surface area contributed by atoms with Gasteiger partial charge in [-0.15, -0.1) is 0 Å². The molecule has 0 aromatic carbocycles. The first-order chi connectivity index (χ1) is 5.27. The smallest absolute Gasteiger partial charge is 0.00555 e. The lowest BCUT2D eigenvalue weighted by Crippen LogP contribution is -1.99. The Labute approximate surface area is 71.1 Å². The molecule has 0 radical (unpaired) electrons. The van der Waals surface area contributed by atoms with E-state index in [1.807, 2.05) is 0 Å². The minimum absolute atomic E-state index is 1.23. The zero-order chi connectivity index (χ0) is 8.53. The van der Waals surface area contributed by atoms with Crippen molar-refractivity contribution in [1.82, 2.24) is 4.90 Å². The molecule has 0 saturated carbocycles. The van der Waals surface area contributed by atoms with Gasteiger partial charge in [0.1, 0.15) is 0 Å². The fourth-order valence-electron chi connectivity index (χ4n) is 0.974. The van der Waals surface area contributed by atoms with E-state index in [0.717, 1.165) is 0 Å². The second-order valence-corrected chi connectivity index (χ2v) is 3.20. The van der Waals surface area contributed by atoms with Gasteiger partial charge in [0.15, 0.2) is 0 Å². The van der Waals surface area contributed by atoms with Crippen LogP contribution in [0.4, 0.5) is 0 Å². The fraction of sp³-hybridized carbons (Fsp3) is 0.800. The third-order valence-corrected chi connectivity index (χ3v) is 1.63. The largest absolute Gasteiger partial charge is 0.384 e. The standard InChI is InChI=1S/C10H21N/c1-4-5-6-7-8-9-10-11(2)3/h9-10H,4-8H2,1-3H3/b10-9+. The lowest BCUT2D eigenvalue weighted by atomic mass is 10.1. The van der Waals surface area contributed by atoms with Gasteiger partial charge in [-0.25, -0.2) is 0 Å². The maximum absolute atomic E-state index is 2.25. The van der Waals surface area contributed by atoms with Crippen LogP contribution in [0.5, 0.6) is 0 Å². The Hall–Kier alpha value is -0.460. The Kier molecular flexibility index (Phi) is 7.33. The molecule has 0 fully saturated rings. The van der Waals surface area contributed by atoms with Gasteiger partial charge in [0, 0.05) is 14.1 Å². The maximum Gasteiger partial charge on any atom is 0.00555 e. The highest BCUT2D eigenvalue weighted by atomic mass is 15.0. The summed E-state index contributed by atoms with van der Waals surface area (Å²) in [6.45, 7) is 2.25. The van der Waals surface area contributed by atoms with Gasteiger partial charge < -0.3 is 4.90 Å². The SMILES string of the molecule is CCCCCC/C=C/N(C)C. The monoisotopic (exact) mass is 155 g/mol. The normalized spacial score (nSPS) is 10.8. The van der Waals surface area contributed by atoms with Crippen LogP contribution in [0.25, 0.3) is 0 Å². The van der Waals surface area contributed by atoms with Crippen molar-refractivity contribution in [2.45, 2.75) is 39.0 Å². The molecule has 0 spiro atoms. The summed E-state index contributed by atoms with van der Waals surface area (Å²) >= 11 is 0. The number of nitrogens with zero attached hydrogens (tertiary/aromatic N) is 1. The van der Waals surface area contributed by atoms with Gasteiger partial charge >= 0.3 is 0 Å². The Bertz CT molecular complexity index is 95.0. The predicted octanol–water partition coefficient (Wildman–Crippen LogP) is 3.03. The van der Waals surface area contributed by atoms with Crippen molar-refractivity contribution in [2.24, 2.45) is 0 Å². The highest BCUT2D eigenvalue weighted by Gasteiger charge is 1.83. The summed E-state index contributed by atoms with van der Waals surface area (Å²) in [6.07, 6.45) is 11.1. The Morgan fingerprint density at radius 3 is 2.36 bits per heavy atom. The molecule has 11 heavy (non-hydrogen) atoms. The van der Waals surface area contributed by atoms with E-state index in [0.29, 0.717) is 0 Å². The van der Waals surface area contributed by atoms with Crippen LogP contribution >= 0.6 is 0 Å². The van der Waals surface area contributed by atoms with Crippen molar-refractivity contribution in [1.29, 1.82) is 0 Å². The molecule has 0 rings (SSSR count). The van der Waals surface area contributed by atoms with E-state index >= 15 is 0 Å². The molecule has 0 N–H and O–H groups in total. The molecule has 0 aromatic heterocycles. The first-order valence-electron chi connectivity index (χ1n) is 4.60. The van der Waals surface area contributed by atoms with E-state index in [4.69, 9.17) is 0 Å². The number of allylic oxidation sites excluding steroid dienone is 1. The van der Waals surface area contributed by atoms with Gasteiger partial charge in [0.2, 0.25) is 0 Å². The van der Waals surface area contributed by atoms with Crippen molar-refractivity contribution in [3.8, 4) is 0 Å². The van der Waals surface area contributed by atoms with Gasteiger partial charge in [-0.2, -0.15) is 0 Å². The van der Waals surface area contributed by atoms with Crippen molar-refractivity contribution < 1.29 is 0 Å². The van der Waals surface area contributed by atoms with Crippen molar-refractivity contribution in [3.05, 3.63) is 12.3 Å². The van der Waals surface area contributed by atoms with Gasteiger partial charge in [-0.3, -0.25) is 0 Å².